The third-order valence-electron chi connectivity index (χ3n) is 2.66. The number of hydrogen-bond acceptors (Lipinski definition) is 7. The first kappa shape index (κ1) is 14.9. The number of nitro groups is 1. The van der Waals surface area contributed by atoms with Crippen LogP contribution in [0.25, 0.3) is 0 Å². The first-order valence-corrected chi connectivity index (χ1v) is 5.92. The Morgan fingerprint density at radius 2 is 2.14 bits per heavy atom. The molecule has 0 aliphatic carbocycles. The smallest absolute Gasteiger partial charge is 0.276 e. The Labute approximate surface area is 124 Å². The number of anilines is 1. The van der Waals surface area contributed by atoms with Gasteiger partial charge in [-0.15, -0.1) is 10.2 Å². The minimum absolute atomic E-state index is 0.0167. The molecule has 0 spiro atoms. The zero-order valence-corrected chi connectivity index (χ0v) is 11.3. The topological polar surface area (TPSA) is 131 Å². The lowest BCUT2D eigenvalue weighted by molar-refractivity contribution is -0.384. The van der Waals surface area contributed by atoms with Gasteiger partial charge in [0.25, 0.3) is 11.6 Å². The lowest BCUT2D eigenvalue weighted by atomic mass is 10.1. The highest BCUT2D eigenvalue weighted by molar-refractivity contribution is 6.03. The van der Waals surface area contributed by atoms with Gasteiger partial charge in [-0.2, -0.15) is 5.26 Å². The lowest BCUT2D eigenvalue weighted by Crippen LogP contribution is -2.15. The van der Waals surface area contributed by atoms with Crippen molar-refractivity contribution in [1.29, 1.82) is 5.26 Å². The van der Waals surface area contributed by atoms with Gasteiger partial charge in [0.05, 0.1) is 23.3 Å². The van der Waals surface area contributed by atoms with Crippen molar-refractivity contribution in [2.75, 3.05) is 12.4 Å². The summed E-state index contributed by atoms with van der Waals surface area (Å²) >= 11 is 0. The van der Waals surface area contributed by atoms with E-state index in [4.69, 9.17) is 10.00 Å². The number of methoxy groups -OCH3 is 1. The fourth-order valence-electron chi connectivity index (χ4n) is 1.58. The number of rotatable bonds is 4. The van der Waals surface area contributed by atoms with E-state index < -0.39 is 10.8 Å². The van der Waals surface area contributed by atoms with E-state index in [-0.39, 0.29) is 28.5 Å². The average Bonchev–Trinajstić information content (AvgIpc) is 2.55. The van der Waals surface area contributed by atoms with Crippen molar-refractivity contribution in [1.82, 2.24) is 10.2 Å². The maximum Gasteiger partial charge on any atom is 0.276 e. The Hall–Kier alpha value is -3.54. The van der Waals surface area contributed by atoms with Crippen LogP contribution in [0.4, 0.5) is 11.4 Å². The number of nitriles is 1. The molecule has 110 valence electrons. The molecular formula is C13H9N5O4. The summed E-state index contributed by atoms with van der Waals surface area (Å²) < 4.78 is 4.83. The number of non-ortho nitro benzene ring substituents is 1. The standard InChI is InChI=1S/C13H9N5O4/c1-22-12-5-4-11(16-17-12)13(19)15-10-3-2-9(18(20)21)6-8(10)7-14/h2-6H,1H3,(H,15,19). The maximum atomic E-state index is 12.0. The molecule has 0 aliphatic heterocycles. The first-order chi connectivity index (χ1) is 10.5. The molecule has 1 amide bonds. The molecule has 9 nitrogen and oxygen atoms in total. The number of hydrogen-bond donors (Lipinski definition) is 1. The largest absolute Gasteiger partial charge is 0.480 e. The van der Waals surface area contributed by atoms with Gasteiger partial charge in [-0.3, -0.25) is 14.9 Å². The van der Waals surface area contributed by atoms with Crippen molar-refractivity contribution in [3.05, 3.63) is 51.7 Å². The van der Waals surface area contributed by atoms with E-state index in [1.165, 1.54) is 31.4 Å². The third-order valence-corrected chi connectivity index (χ3v) is 2.66. The van der Waals surface area contributed by atoms with Crippen LogP contribution < -0.4 is 10.1 Å². The van der Waals surface area contributed by atoms with Crippen LogP contribution >= 0.6 is 0 Å². The lowest BCUT2D eigenvalue weighted by Gasteiger charge is -2.06. The van der Waals surface area contributed by atoms with Crippen LogP contribution in [-0.4, -0.2) is 28.1 Å². The highest BCUT2D eigenvalue weighted by Crippen LogP contribution is 2.21. The molecule has 9 heteroatoms. The number of carbonyl (C=O) groups excluding carboxylic acids is 1. The average molecular weight is 299 g/mol. The zero-order valence-electron chi connectivity index (χ0n) is 11.3. The fraction of sp³-hybridized carbons (Fsp3) is 0.0769. The van der Waals surface area contributed by atoms with Gasteiger partial charge >= 0.3 is 0 Å². The zero-order chi connectivity index (χ0) is 16.1. The van der Waals surface area contributed by atoms with E-state index >= 15 is 0 Å². The molecule has 0 bridgehead atoms. The van der Waals surface area contributed by atoms with Gasteiger partial charge in [0, 0.05) is 18.2 Å². The number of ether oxygens (including phenoxy) is 1. The second kappa shape index (κ2) is 6.27. The quantitative estimate of drug-likeness (QED) is 0.668. The predicted octanol–water partition coefficient (Wildman–Crippen LogP) is 1.52. The number of carbonyl (C=O) groups is 1. The molecule has 1 N–H and O–H groups in total. The summed E-state index contributed by atoms with van der Waals surface area (Å²) in [5, 5.41) is 29.4. The SMILES string of the molecule is COc1ccc(C(=O)Nc2ccc([N+](=O)[O-])cc2C#N)nn1. The van der Waals surface area contributed by atoms with Crippen molar-refractivity contribution in [2.45, 2.75) is 0 Å². The molecule has 0 radical (unpaired) electrons. The van der Waals surface area contributed by atoms with E-state index in [1.807, 2.05) is 0 Å². The van der Waals surface area contributed by atoms with Crippen LogP contribution in [-0.2, 0) is 0 Å². The monoisotopic (exact) mass is 299 g/mol. The molecule has 2 aromatic rings. The minimum atomic E-state index is -0.624. The van der Waals surface area contributed by atoms with E-state index in [0.29, 0.717) is 0 Å². The number of aromatic nitrogens is 2. The second-order valence-electron chi connectivity index (χ2n) is 4.01. The molecule has 0 saturated heterocycles. The summed E-state index contributed by atoms with van der Waals surface area (Å²) in [5.41, 5.74) is -0.0958. The van der Waals surface area contributed by atoms with Crippen LogP contribution in [0.15, 0.2) is 30.3 Å². The van der Waals surface area contributed by atoms with Gasteiger partial charge in [-0.05, 0) is 12.1 Å². The Morgan fingerprint density at radius 3 is 2.68 bits per heavy atom. The number of nitrogens with one attached hydrogen (secondary N) is 1. The summed E-state index contributed by atoms with van der Waals surface area (Å²) in [6.45, 7) is 0. The molecule has 0 aliphatic rings. The van der Waals surface area contributed by atoms with Gasteiger partial charge < -0.3 is 10.1 Å². The molecular weight excluding hydrogens is 290 g/mol. The Kier molecular flexibility index (Phi) is 4.24. The summed E-state index contributed by atoms with van der Waals surface area (Å²) in [7, 11) is 1.42. The summed E-state index contributed by atoms with van der Waals surface area (Å²) in [6.07, 6.45) is 0. The Morgan fingerprint density at radius 1 is 1.36 bits per heavy atom. The van der Waals surface area contributed by atoms with Crippen LogP contribution in [0.3, 0.4) is 0 Å². The van der Waals surface area contributed by atoms with Crippen LogP contribution in [0.1, 0.15) is 16.1 Å². The summed E-state index contributed by atoms with van der Waals surface area (Å²) in [6, 6.07) is 8.21. The van der Waals surface area contributed by atoms with Crippen molar-refractivity contribution in [2.24, 2.45) is 0 Å². The van der Waals surface area contributed by atoms with Gasteiger partial charge in [0.15, 0.2) is 5.69 Å². The minimum Gasteiger partial charge on any atom is -0.480 e. The Balaban J connectivity index is 2.24. The normalized spacial score (nSPS) is 9.64. The van der Waals surface area contributed by atoms with E-state index in [9.17, 15) is 14.9 Å². The van der Waals surface area contributed by atoms with Crippen LogP contribution in [0.2, 0.25) is 0 Å². The molecule has 2 rings (SSSR count). The van der Waals surface area contributed by atoms with Crippen LogP contribution in [0.5, 0.6) is 5.88 Å². The van der Waals surface area contributed by atoms with Gasteiger partial charge in [0.2, 0.25) is 5.88 Å². The summed E-state index contributed by atoms with van der Waals surface area (Å²) in [4.78, 5) is 22.0. The molecule has 0 saturated carbocycles. The third kappa shape index (κ3) is 3.13. The van der Waals surface area contributed by atoms with Gasteiger partial charge in [-0.1, -0.05) is 0 Å². The highest BCUT2D eigenvalue weighted by atomic mass is 16.6. The molecule has 1 heterocycles. The highest BCUT2D eigenvalue weighted by Gasteiger charge is 2.14. The molecule has 1 aromatic heterocycles. The van der Waals surface area contributed by atoms with Crippen molar-refractivity contribution < 1.29 is 14.5 Å². The fourth-order valence-corrected chi connectivity index (χ4v) is 1.58. The first-order valence-electron chi connectivity index (χ1n) is 5.92. The Bertz CT molecular complexity index is 767. The van der Waals surface area contributed by atoms with E-state index in [2.05, 4.69) is 15.5 Å². The molecule has 0 atom stereocenters. The molecule has 0 fully saturated rings. The number of nitrogens with zero attached hydrogens (tertiary/aromatic N) is 4. The van der Waals surface area contributed by atoms with Gasteiger partial charge in [0.1, 0.15) is 6.07 Å². The van der Waals surface area contributed by atoms with Crippen LogP contribution in [0, 0.1) is 21.4 Å². The summed E-state index contributed by atoms with van der Waals surface area (Å²) in [5.74, 6) is -0.342. The number of nitro benzene ring substituents is 1. The van der Waals surface area contributed by atoms with E-state index in [1.54, 1.807) is 6.07 Å². The number of amides is 1. The van der Waals surface area contributed by atoms with E-state index in [0.717, 1.165) is 6.07 Å². The number of benzene rings is 1. The maximum absolute atomic E-state index is 12.0. The van der Waals surface area contributed by atoms with Crippen molar-refractivity contribution in [3.8, 4) is 11.9 Å². The molecule has 0 unspecified atom stereocenters. The van der Waals surface area contributed by atoms with Gasteiger partial charge in [-0.25, -0.2) is 0 Å². The van der Waals surface area contributed by atoms with Crippen molar-refractivity contribution >= 4 is 17.3 Å². The second-order valence-corrected chi connectivity index (χ2v) is 4.01. The predicted molar refractivity (Wildman–Crippen MR) is 74.3 cm³/mol. The molecule has 1 aromatic carbocycles. The molecule has 22 heavy (non-hydrogen) atoms. The van der Waals surface area contributed by atoms with Crippen molar-refractivity contribution in [3.63, 3.8) is 0 Å².